The first-order valence-corrected chi connectivity index (χ1v) is 11.9. The lowest BCUT2D eigenvalue weighted by molar-refractivity contribution is 0.00610. The van der Waals surface area contributed by atoms with E-state index in [0.717, 1.165) is 105 Å². The highest BCUT2D eigenvalue weighted by Gasteiger charge is 2.08. The fourth-order valence-electron chi connectivity index (χ4n) is 3.49. The minimum absolute atomic E-state index is 0.651. The summed E-state index contributed by atoms with van der Waals surface area (Å²) < 4.78 is 34.6. The van der Waals surface area contributed by atoms with E-state index in [1.54, 1.807) is 0 Å². The summed E-state index contributed by atoms with van der Waals surface area (Å²) in [5.74, 6) is 0. The molecule has 8 heteroatoms. The smallest absolute Gasteiger partial charge is 0.0701 e. The Hall–Kier alpha value is -0.320. The maximum atomic E-state index is 5.79. The fourth-order valence-corrected chi connectivity index (χ4v) is 3.49. The lowest BCUT2D eigenvalue weighted by Gasteiger charge is -2.24. The van der Waals surface area contributed by atoms with Crippen LogP contribution in [0.5, 0.6) is 0 Å². The maximum absolute atomic E-state index is 5.79. The van der Waals surface area contributed by atoms with E-state index in [-0.39, 0.29) is 0 Å². The normalized spacial score (nSPS) is 29.6. The third-order valence-electron chi connectivity index (χ3n) is 5.35. The van der Waals surface area contributed by atoms with Gasteiger partial charge in [0.2, 0.25) is 0 Å². The van der Waals surface area contributed by atoms with E-state index in [4.69, 9.17) is 28.4 Å². The van der Waals surface area contributed by atoms with Crippen LogP contribution in [0.2, 0.25) is 0 Å². The third-order valence-corrected chi connectivity index (χ3v) is 5.35. The molecule has 3 saturated heterocycles. The first kappa shape index (κ1) is 25.9. The van der Waals surface area contributed by atoms with Crippen molar-refractivity contribution in [3.63, 3.8) is 0 Å². The molecule has 0 unspecified atom stereocenters. The van der Waals surface area contributed by atoms with E-state index in [1.807, 2.05) is 0 Å². The summed E-state index contributed by atoms with van der Waals surface area (Å²) in [5, 5.41) is 0. The highest BCUT2D eigenvalue weighted by Crippen LogP contribution is 2.00. The van der Waals surface area contributed by atoms with Crippen LogP contribution in [-0.4, -0.2) is 128 Å². The number of nitrogens with zero attached hydrogens (tertiary/aromatic N) is 2. The fraction of sp³-hybridized carbons (Fsp3) is 1.00. The van der Waals surface area contributed by atoms with E-state index in [2.05, 4.69) is 9.80 Å². The number of ether oxygens (including phenoxy) is 6. The SMILES string of the molecule is C1CCN2CCOCCOCCN(CCCCOCCOC1)CCOCCOCC2. The lowest BCUT2D eigenvalue weighted by atomic mass is 10.3. The molecule has 0 saturated carbocycles. The van der Waals surface area contributed by atoms with Crippen molar-refractivity contribution in [1.29, 1.82) is 0 Å². The molecule has 0 aromatic carbocycles. The standard InChI is InChI=1S/C22H44N2O6/c1-3-11-25-17-18-26-12-4-2-6-24-9-15-29-21-19-27-13-7-23(5-1)8-14-28-20-22-30-16-10-24/h1-22H2. The van der Waals surface area contributed by atoms with Gasteiger partial charge in [0.05, 0.1) is 66.1 Å². The Labute approximate surface area is 183 Å². The van der Waals surface area contributed by atoms with Gasteiger partial charge in [-0.3, -0.25) is 9.80 Å². The van der Waals surface area contributed by atoms with Crippen LogP contribution in [-0.2, 0) is 28.4 Å². The molecule has 0 aromatic rings. The van der Waals surface area contributed by atoms with Gasteiger partial charge in [-0.15, -0.1) is 0 Å². The molecule has 0 aromatic heterocycles. The maximum Gasteiger partial charge on any atom is 0.0701 e. The lowest BCUT2D eigenvalue weighted by Crippen LogP contribution is -2.34. The van der Waals surface area contributed by atoms with Crippen LogP contribution in [0, 0.1) is 0 Å². The van der Waals surface area contributed by atoms with Gasteiger partial charge in [0.15, 0.2) is 0 Å². The summed E-state index contributed by atoms with van der Waals surface area (Å²) >= 11 is 0. The number of rotatable bonds is 0. The molecule has 0 radical (unpaired) electrons. The zero-order valence-electron chi connectivity index (χ0n) is 18.9. The van der Waals surface area contributed by atoms with Gasteiger partial charge in [-0.2, -0.15) is 0 Å². The molecule has 3 heterocycles. The molecule has 3 fully saturated rings. The van der Waals surface area contributed by atoms with Gasteiger partial charge in [0.1, 0.15) is 0 Å². The summed E-state index contributed by atoms with van der Waals surface area (Å²) in [4.78, 5) is 4.83. The Balaban J connectivity index is 1.84. The summed E-state index contributed by atoms with van der Waals surface area (Å²) in [6.45, 7) is 14.2. The van der Waals surface area contributed by atoms with E-state index < -0.39 is 0 Å². The topological polar surface area (TPSA) is 61.9 Å². The van der Waals surface area contributed by atoms with Gasteiger partial charge in [-0.1, -0.05) is 0 Å². The number of hydrogen-bond acceptors (Lipinski definition) is 8. The number of fused-ring (bicyclic) bond motifs is 25. The zero-order chi connectivity index (χ0) is 21.0. The van der Waals surface area contributed by atoms with Crippen LogP contribution >= 0.6 is 0 Å². The van der Waals surface area contributed by atoms with Crippen molar-refractivity contribution in [2.75, 3.05) is 119 Å². The second-order valence-corrected chi connectivity index (χ2v) is 7.77. The molecule has 8 nitrogen and oxygen atoms in total. The molecule has 0 atom stereocenters. The van der Waals surface area contributed by atoms with Gasteiger partial charge in [-0.05, 0) is 38.8 Å². The Bertz CT molecular complexity index is 318. The summed E-state index contributed by atoms with van der Waals surface area (Å²) in [7, 11) is 0. The van der Waals surface area contributed by atoms with Crippen molar-refractivity contribution in [3.8, 4) is 0 Å². The highest BCUT2D eigenvalue weighted by molar-refractivity contribution is 4.60. The van der Waals surface area contributed by atoms with E-state index >= 15 is 0 Å². The Morgan fingerprint density at radius 1 is 0.267 bits per heavy atom. The quantitative estimate of drug-likeness (QED) is 0.567. The highest BCUT2D eigenvalue weighted by atomic mass is 16.5. The Morgan fingerprint density at radius 2 is 0.567 bits per heavy atom. The average Bonchev–Trinajstić information content (AvgIpc) is 2.75. The monoisotopic (exact) mass is 432 g/mol. The minimum atomic E-state index is 0.651. The van der Waals surface area contributed by atoms with E-state index in [0.29, 0.717) is 39.6 Å². The van der Waals surface area contributed by atoms with Gasteiger partial charge >= 0.3 is 0 Å². The van der Waals surface area contributed by atoms with Crippen molar-refractivity contribution >= 4 is 0 Å². The number of hydrogen-bond donors (Lipinski definition) is 0. The second kappa shape index (κ2) is 19.4. The Morgan fingerprint density at radius 3 is 0.900 bits per heavy atom. The van der Waals surface area contributed by atoms with E-state index in [1.165, 1.54) is 0 Å². The molecule has 30 heavy (non-hydrogen) atoms. The minimum Gasteiger partial charge on any atom is -0.379 e. The van der Waals surface area contributed by atoms with Gasteiger partial charge in [-0.25, -0.2) is 0 Å². The average molecular weight is 433 g/mol. The van der Waals surface area contributed by atoms with Crippen molar-refractivity contribution in [2.24, 2.45) is 0 Å². The van der Waals surface area contributed by atoms with Crippen LogP contribution in [0.1, 0.15) is 25.7 Å². The molecule has 3 aliphatic heterocycles. The van der Waals surface area contributed by atoms with Crippen LogP contribution in [0.15, 0.2) is 0 Å². The van der Waals surface area contributed by atoms with Crippen molar-refractivity contribution < 1.29 is 28.4 Å². The summed E-state index contributed by atoms with van der Waals surface area (Å²) in [6.07, 6.45) is 4.36. The van der Waals surface area contributed by atoms with Crippen LogP contribution < -0.4 is 0 Å². The summed E-state index contributed by atoms with van der Waals surface area (Å²) in [5.41, 5.74) is 0. The molecule has 0 amide bonds. The first-order valence-electron chi connectivity index (χ1n) is 11.9. The van der Waals surface area contributed by atoms with Gasteiger partial charge in [0.25, 0.3) is 0 Å². The molecule has 0 spiro atoms. The first-order chi connectivity index (χ1) is 14.9. The predicted molar refractivity (Wildman–Crippen MR) is 116 cm³/mol. The van der Waals surface area contributed by atoms with E-state index in [9.17, 15) is 0 Å². The van der Waals surface area contributed by atoms with Crippen molar-refractivity contribution in [3.05, 3.63) is 0 Å². The molecular weight excluding hydrogens is 388 g/mol. The molecule has 0 N–H and O–H groups in total. The van der Waals surface area contributed by atoms with Crippen molar-refractivity contribution in [1.82, 2.24) is 9.80 Å². The molecule has 3 aliphatic rings. The summed E-state index contributed by atoms with van der Waals surface area (Å²) in [6, 6.07) is 0. The molecular formula is C22H44N2O6. The zero-order valence-corrected chi connectivity index (χ0v) is 18.9. The Kier molecular flexibility index (Phi) is 16.7. The van der Waals surface area contributed by atoms with Crippen LogP contribution in [0.25, 0.3) is 0 Å². The molecule has 2 bridgehead atoms. The van der Waals surface area contributed by atoms with Crippen LogP contribution in [0.4, 0.5) is 0 Å². The molecule has 0 aliphatic carbocycles. The van der Waals surface area contributed by atoms with Crippen LogP contribution in [0.3, 0.4) is 0 Å². The third kappa shape index (κ3) is 14.6. The molecule has 178 valence electrons. The van der Waals surface area contributed by atoms with Gasteiger partial charge < -0.3 is 28.4 Å². The van der Waals surface area contributed by atoms with Crippen molar-refractivity contribution in [2.45, 2.75) is 25.7 Å². The molecule has 3 rings (SSSR count). The predicted octanol–water partition coefficient (Wildman–Crippen LogP) is 1.28. The largest absolute Gasteiger partial charge is 0.379 e. The van der Waals surface area contributed by atoms with Gasteiger partial charge in [0, 0.05) is 39.4 Å². The second-order valence-electron chi connectivity index (χ2n) is 7.77.